The van der Waals surface area contributed by atoms with Crippen LogP contribution in [0.4, 0.5) is 0 Å². The number of ether oxygens (including phenoxy) is 1. The number of rotatable bonds is 14. The number of aryl methyl sites for hydroxylation is 1. The van der Waals surface area contributed by atoms with Gasteiger partial charge in [-0.1, -0.05) is 82.2 Å². The zero-order valence-corrected chi connectivity index (χ0v) is 20.1. The molecular formula is C28H43NO3. The van der Waals surface area contributed by atoms with E-state index in [9.17, 15) is 9.59 Å². The summed E-state index contributed by atoms with van der Waals surface area (Å²) in [6.07, 6.45) is 15.9. The molecule has 1 heterocycles. The van der Waals surface area contributed by atoms with Crippen LogP contribution >= 0.6 is 0 Å². The summed E-state index contributed by atoms with van der Waals surface area (Å²) in [5.41, 5.74) is 1.36. The van der Waals surface area contributed by atoms with Gasteiger partial charge in [0.2, 0.25) is 5.91 Å². The van der Waals surface area contributed by atoms with E-state index in [-0.39, 0.29) is 24.0 Å². The van der Waals surface area contributed by atoms with Crippen LogP contribution in [0.1, 0.15) is 102 Å². The summed E-state index contributed by atoms with van der Waals surface area (Å²) in [6.45, 7) is 2.72. The van der Waals surface area contributed by atoms with Gasteiger partial charge in [0.25, 0.3) is 0 Å². The SMILES string of the molecule is CCCCCCCCOC(=O)[C@@H]1C[C@@H]2CCC[C@@H]2N1C(=O)CCCCCc1ccccc1. The fourth-order valence-corrected chi connectivity index (χ4v) is 5.57. The van der Waals surface area contributed by atoms with Gasteiger partial charge in [-0.2, -0.15) is 0 Å². The number of amides is 1. The van der Waals surface area contributed by atoms with Crippen LogP contribution in [0, 0.1) is 5.92 Å². The molecule has 1 amide bonds. The Morgan fingerprint density at radius 2 is 1.69 bits per heavy atom. The summed E-state index contributed by atoms with van der Waals surface area (Å²) in [4.78, 5) is 27.9. The lowest BCUT2D eigenvalue weighted by Crippen LogP contribution is -2.45. The van der Waals surface area contributed by atoms with E-state index in [2.05, 4.69) is 31.2 Å². The number of likely N-dealkylation sites (tertiary alicyclic amines) is 1. The molecule has 0 aromatic heterocycles. The van der Waals surface area contributed by atoms with Gasteiger partial charge < -0.3 is 9.64 Å². The summed E-state index contributed by atoms with van der Waals surface area (Å²) >= 11 is 0. The lowest BCUT2D eigenvalue weighted by atomic mass is 10.0. The molecule has 1 saturated carbocycles. The summed E-state index contributed by atoms with van der Waals surface area (Å²) in [5.74, 6) is 0.495. The molecule has 1 saturated heterocycles. The first-order chi connectivity index (χ1) is 15.7. The Balaban J connectivity index is 1.40. The highest BCUT2D eigenvalue weighted by molar-refractivity contribution is 5.85. The van der Waals surface area contributed by atoms with Crippen LogP contribution in [0.3, 0.4) is 0 Å². The Morgan fingerprint density at radius 3 is 2.50 bits per heavy atom. The number of unbranched alkanes of at least 4 members (excludes halogenated alkanes) is 7. The molecular weight excluding hydrogens is 398 g/mol. The molecule has 1 aromatic carbocycles. The molecule has 3 rings (SSSR count). The number of esters is 1. The van der Waals surface area contributed by atoms with Gasteiger partial charge in [0.05, 0.1) is 6.61 Å². The fourth-order valence-electron chi connectivity index (χ4n) is 5.57. The molecule has 1 aromatic rings. The Kier molecular flexibility index (Phi) is 10.6. The molecule has 32 heavy (non-hydrogen) atoms. The summed E-state index contributed by atoms with van der Waals surface area (Å²) in [5, 5.41) is 0. The van der Waals surface area contributed by atoms with Crippen LogP contribution < -0.4 is 0 Å². The standard InChI is InChI=1S/C28H43NO3/c1-2-3-4-5-6-13-21-32-28(31)26-22-24-18-14-19-25(24)29(26)27(30)20-12-8-11-17-23-15-9-7-10-16-23/h7,9-10,15-16,24-26H,2-6,8,11-14,17-22H2,1H3/t24-,25-,26-/m0/s1. The monoisotopic (exact) mass is 441 g/mol. The van der Waals surface area contributed by atoms with Crippen molar-refractivity contribution in [1.82, 2.24) is 4.90 Å². The van der Waals surface area contributed by atoms with Crippen LogP contribution in [0.2, 0.25) is 0 Å². The Bertz CT molecular complexity index is 689. The fraction of sp³-hybridized carbons (Fsp3) is 0.714. The van der Waals surface area contributed by atoms with E-state index in [1.165, 1.54) is 37.7 Å². The maximum absolute atomic E-state index is 13.1. The number of benzene rings is 1. The second-order valence-corrected chi connectivity index (χ2v) is 9.79. The van der Waals surface area contributed by atoms with Crippen LogP contribution in [0.25, 0.3) is 0 Å². The van der Waals surface area contributed by atoms with Crippen LogP contribution in [0.15, 0.2) is 30.3 Å². The second kappa shape index (κ2) is 13.6. The highest BCUT2D eigenvalue weighted by Crippen LogP contribution is 2.42. The van der Waals surface area contributed by atoms with Crippen molar-refractivity contribution < 1.29 is 14.3 Å². The zero-order chi connectivity index (χ0) is 22.6. The maximum Gasteiger partial charge on any atom is 0.328 e. The first-order valence-electron chi connectivity index (χ1n) is 13.2. The molecule has 178 valence electrons. The Hall–Kier alpha value is -1.84. The van der Waals surface area contributed by atoms with E-state index in [1.807, 2.05) is 11.0 Å². The van der Waals surface area contributed by atoms with Crippen molar-refractivity contribution in [1.29, 1.82) is 0 Å². The van der Waals surface area contributed by atoms with Crippen molar-refractivity contribution in [2.24, 2.45) is 5.92 Å². The van der Waals surface area contributed by atoms with Crippen molar-refractivity contribution in [3.63, 3.8) is 0 Å². The van der Waals surface area contributed by atoms with Gasteiger partial charge in [0.1, 0.15) is 6.04 Å². The van der Waals surface area contributed by atoms with Gasteiger partial charge >= 0.3 is 5.97 Å². The van der Waals surface area contributed by atoms with E-state index < -0.39 is 0 Å². The van der Waals surface area contributed by atoms with E-state index in [0.717, 1.165) is 57.8 Å². The van der Waals surface area contributed by atoms with E-state index in [1.54, 1.807) is 0 Å². The lowest BCUT2D eigenvalue weighted by molar-refractivity contribution is -0.154. The maximum atomic E-state index is 13.1. The molecule has 2 aliphatic rings. The largest absolute Gasteiger partial charge is 0.464 e. The summed E-state index contributed by atoms with van der Waals surface area (Å²) in [6, 6.07) is 10.4. The molecule has 0 unspecified atom stereocenters. The highest BCUT2D eigenvalue weighted by atomic mass is 16.5. The quantitative estimate of drug-likeness (QED) is 0.246. The number of carbonyl (C=O) groups excluding carboxylic acids is 2. The normalized spacial score (nSPS) is 22.2. The van der Waals surface area contributed by atoms with Gasteiger partial charge in [-0.3, -0.25) is 4.79 Å². The van der Waals surface area contributed by atoms with Crippen molar-refractivity contribution >= 4 is 11.9 Å². The van der Waals surface area contributed by atoms with Gasteiger partial charge in [0, 0.05) is 12.5 Å². The van der Waals surface area contributed by atoms with Crippen LogP contribution in [0.5, 0.6) is 0 Å². The van der Waals surface area contributed by atoms with E-state index in [4.69, 9.17) is 4.74 Å². The van der Waals surface area contributed by atoms with E-state index in [0.29, 0.717) is 18.9 Å². The third-order valence-corrected chi connectivity index (χ3v) is 7.34. The number of carbonyl (C=O) groups is 2. The van der Waals surface area contributed by atoms with Crippen molar-refractivity contribution in [3.8, 4) is 0 Å². The third kappa shape index (κ3) is 7.35. The first kappa shape index (κ1) is 24.8. The molecule has 2 fully saturated rings. The Morgan fingerprint density at radius 1 is 0.938 bits per heavy atom. The number of hydrogen-bond acceptors (Lipinski definition) is 3. The molecule has 0 N–H and O–H groups in total. The minimum atomic E-state index is -0.345. The number of fused-ring (bicyclic) bond motifs is 1. The summed E-state index contributed by atoms with van der Waals surface area (Å²) in [7, 11) is 0. The average molecular weight is 442 g/mol. The number of nitrogens with zero attached hydrogens (tertiary/aromatic N) is 1. The minimum absolute atomic E-state index is 0.162. The minimum Gasteiger partial charge on any atom is -0.464 e. The lowest BCUT2D eigenvalue weighted by Gasteiger charge is -2.29. The smallest absolute Gasteiger partial charge is 0.328 e. The third-order valence-electron chi connectivity index (χ3n) is 7.34. The summed E-state index contributed by atoms with van der Waals surface area (Å²) < 4.78 is 5.64. The van der Waals surface area contributed by atoms with Crippen molar-refractivity contribution in [2.45, 2.75) is 115 Å². The van der Waals surface area contributed by atoms with Gasteiger partial charge in [-0.15, -0.1) is 0 Å². The molecule has 4 nitrogen and oxygen atoms in total. The topological polar surface area (TPSA) is 46.6 Å². The average Bonchev–Trinajstić information content (AvgIpc) is 3.40. The van der Waals surface area contributed by atoms with Crippen molar-refractivity contribution in [2.75, 3.05) is 6.61 Å². The molecule has 1 aliphatic heterocycles. The predicted octanol–water partition coefficient (Wildman–Crippen LogP) is 6.46. The Labute approximate surface area is 195 Å². The first-order valence-corrected chi connectivity index (χ1v) is 13.2. The molecule has 3 atom stereocenters. The molecule has 0 bridgehead atoms. The molecule has 1 aliphatic carbocycles. The zero-order valence-electron chi connectivity index (χ0n) is 20.1. The molecule has 0 spiro atoms. The predicted molar refractivity (Wildman–Crippen MR) is 129 cm³/mol. The molecule has 0 radical (unpaired) electrons. The second-order valence-electron chi connectivity index (χ2n) is 9.79. The van der Waals surface area contributed by atoms with Gasteiger partial charge in [-0.25, -0.2) is 4.79 Å². The van der Waals surface area contributed by atoms with Crippen molar-refractivity contribution in [3.05, 3.63) is 35.9 Å². The van der Waals surface area contributed by atoms with Crippen LogP contribution in [-0.4, -0.2) is 35.5 Å². The van der Waals surface area contributed by atoms with Gasteiger partial charge in [-0.05, 0) is 56.4 Å². The highest BCUT2D eigenvalue weighted by Gasteiger charge is 2.48. The molecule has 4 heteroatoms. The van der Waals surface area contributed by atoms with Crippen LogP contribution in [-0.2, 0) is 20.7 Å². The van der Waals surface area contributed by atoms with Gasteiger partial charge in [0.15, 0.2) is 0 Å². The number of hydrogen-bond donors (Lipinski definition) is 0. The van der Waals surface area contributed by atoms with E-state index >= 15 is 0 Å².